The summed E-state index contributed by atoms with van der Waals surface area (Å²) in [6.07, 6.45) is 7.98. The Bertz CT molecular complexity index is 396. The molecule has 4 heteroatoms. The molecule has 0 radical (unpaired) electrons. The lowest BCUT2D eigenvalue weighted by Gasteiger charge is -2.21. The van der Waals surface area contributed by atoms with E-state index in [0.29, 0.717) is 24.0 Å². The van der Waals surface area contributed by atoms with Gasteiger partial charge in [-0.25, -0.2) is 9.78 Å². The highest BCUT2D eigenvalue weighted by Crippen LogP contribution is 2.24. The van der Waals surface area contributed by atoms with Crippen LogP contribution in [0.3, 0.4) is 0 Å². The molecule has 0 N–H and O–H groups in total. The zero-order valence-corrected chi connectivity index (χ0v) is 11.4. The minimum absolute atomic E-state index is 0.339. The molecule has 0 unspecified atom stereocenters. The molecule has 0 spiro atoms. The van der Waals surface area contributed by atoms with Gasteiger partial charge in [-0.15, -0.1) is 0 Å². The second-order valence-electron chi connectivity index (χ2n) is 4.92. The maximum atomic E-state index is 11.5. The summed E-state index contributed by atoms with van der Waals surface area (Å²) in [5, 5.41) is 0. The van der Waals surface area contributed by atoms with Gasteiger partial charge in [-0.2, -0.15) is 0 Å². The first-order valence-electron chi connectivity index (χ1n) is 7.05. The second kappa shape index (κ2) is 7.12. The third-order valence-corrected chi connectivity index (χ3v) is 3.44. The van der Waals surface area contributed by atoms with Crippen molar-refractivity contribution in [3.05, 3.63) is 23.9 Å². The zero-order valence-electron chi connectivity index (χ0n) is 11.4. The summed E-state index contributed by atoms with van der Waals surface area (Å²) >= 11 is 0. The van der Waals surface area contributed by atoms with E-state index < -0.39 is 0 Å². The van der Waals surface area contributed by atoms with Gasteiger partial charge in [-0.1, -0.05) is 19.3 Å². The molecule has 1 aliphatic carbocycles. The second-order valence-corrected chi connectivity index (χ2v) is 4.92. The molecule has 1 aromatic heterocycles. The number of pyridine rings is 1. The van der Waals surface area contributed by atoms with E-state index in [9.17, 15) is 4.79 Å². The summed E-state index contributed by atoms with van der Waals surface area (Å²) in [5.74, 6) is 0.896. The Morgan fingerprint density at radius 2 is 2.11 bits per heavy atom. The lowest BCUT2D eigenvalue weighted by Crippen LogP contribution is -2.15. The lowest BCUT2D eigenvalue weighted by atomic mass is 9.90. The largest absolute Gasteiger partial charge is 0.477 e. The molecular weight excluding hydrogens is 242 g/mol. The molecule has 1 heterocycles. The van der Waals surface area contributed by atoms with E-state index in [4.69, 9.17) is 9.47 Å². The Morgan fingerprint density at radius 1 is 1.32 bits per heavy atom. The van der Waals surface area contributed by atoms with Crippen LogP contribution in [0.5, 0.6) is 5.88 Å². The fourth-order valence-electron chi connectivity index (χ4n) is 2.36. The summed E-state index contributed by atoms with van der Waals surface area (Å²) < 4.78 is 10.6. The molecule has 0 atom stereocenters. The fourth-order valence-corrected chi connectivity index (χ4v) is 2.36. The Hall–Kier alpha value is -1.58. The van der Waals surface area contributed by atoms with Crippen molar-refractivity contribution in [2.75, 3.05) is 13.2 Å². The van der Waals surface area contributed by atoms with Gasteiger partial charge in [0.05, 0.1) is 18.8 Å². The van der Waals surface area contributed by atoms with E-state index in [2.05, 4.69) is 4.98 Å². The van der Waals surface area contributed by atoms with Gasteiger partial charge in [0.1, 0.15) is 0 Å². The predicted octanol–water partition coefficient (Wildman–Crippen LogP) is 3.22. The maximum Gasteiger partial charge on any atom is 0.339 e. The fraction of sp³-hybridized carbons (Fsp3) is 0.600. The molecule has 1 aliphatic rings. The van der Waals surface area contributed by atoms with Gasteiger partial charge in [-0.3, -0.25) is 0 Å². The number of esters is 1. The lowest BCUT2D eigenvalue weighted by molar-refractivity contribution is 0.0525. The SMILES string of the molecule is CCOC(=O)c1ccc(OCC2CCCCC2)nc1. The topological polar surface area (TPSA) is 48.4 Å². The van der Waals surface area contributed by atoms with Crippen LogP contribution in [0.15, 0.2) is 18.3 Å². The molecule has 0 amide bonds. The first-order chi connectivity index (χ1) is 9.29. The number of aromatic nitrogens is 1. The first-order valence-corrected chi connectivity index (χ1v) is 7.05. The number of ether oxygens (including phenoxy) is 2. The summed E-state index contributed by atoms with van der Waals surface area (Å²) in [6.45, 7) is 2.89. The van der Waals surface area contributed by atoms with Crippen LogP contribution >= 0.6 is 0 Å². The van der Waals surface area contributed by atoms with E-state index in [1.807, 2.05) is 0 Å². The highest BCUT2D eigenvalue weighted by molar-refractivity contribution is 5.89. The van der Waals surface area contributed by atoms with Crippen LogP contribution in [0.25, 0.3) is 0 Å². The molecule has 0 saturated heterocycles. The molecule has 0 aliphatic heterocycles. The van der Waals surface area contributed by atoms with Crippen LogP contribution in [0, 0.1) is 5.92 Å². The third kappa shape index (κ3) is 4.23. The molecule has 2 rings (SSSR count). The quantitative estimate of drug-likeness (QED) is 0.765. The minimum Gasteiger partial charge on any atom is -0.477 e. The smallest absolute Gasteiger partial charge is 0.339 e. The number of rotatable bonds is 5. The molecule has 0 bridgehead atoms. The average Bonchev–Trinajstić information content (AvgIpc) is 2.47. The Morgan fingerprint density at radius 3 is 2.74 bits per heavy atom. The summed E-state index contributed by atoms with van der Waals surface area (Å²) in [4.78, 5) is 15.6. The van der Waals surface area contributed by atoms with E-state index in [0.717, 1.165) is 6.61 Å². The van der Waals surface area contributed by atoms with Crippen molar-refractivity contribution in [1.29, 1.82) is 0 Å². The van der Waals surface area contributed by atoms with Crippen molar-refractivity contribution >= 4 is 5.97 Å². The number of carbonyl (C=O) groups excluding carboxylic acids is 1. The monoisotopic (exact) mass is 263 g/mol. The summed E-state index contributed by atoms with van der Waals surface area (Å²) in [5.41, 5.74) is 0.465. The van der Waals surface area contributed by atoms with Crippen LogP contribution in [-0.4, -0.2) is 24.2 Å². The van der Waals surface area contributed by atoms with Crippen molar-refractivity contribution in [3.63, 3.8) is 0 Å². The van der Waals surface area contributed by atoms with Crippen LogP contribution < -0.4 is 4.74 Å². The number of carbonyl (C=O) groups is 1. The molecular formula is C15H21NO3. The van der Waals surface area contributed by atoms with Crippen molar-refractivity contribution in [2.45, 2.75) is 39.0 Å². The molecule has 0 aromatic carbocycles. The van der Waals surface area contributed by atoms with E-state index in [1.54, 1.807) is 19.1 Å². The zero-order chi connectivity index (χ0) is 13.5. The summed E-state index contributed by atoms with van der Waals surface area (Å²) in [7, 11) is 0. The highest BCUT2D eigenvalue weighted by Gasteiger charge is 2.14. The van der Waals surface area contributed by atoms with Gasteiger partial charge in [-0.05, 0) is 31.7 Å². The third-order valence-electron chi connectivity index (χ3n) is 3.44. The Kier molecular flexibility index (Phi) is 5.19. The van der Waals surface area contributed by atoms with Crippen molar-refractivity contribution in [1.82, 2.24) is 4.98 Å². The van der Waals surface area contributed by atoms with Gasteiger partial charge in [0, 0.05) is 12.3 Å². The maximum absolute atomic E-state index is 11.5. The van der Waals surface area contributed by atoms with Gasteiger partial charge in [0.25, 0.3) is 0 Å². The average molecular weight is 263 g/mol. The van der Waals surface area contributed by atoms with Gasteiger partial charge >= 0.3 is 5.97 Å². The first kappa shape index (κ1) is 13.8. The number of hydrogen-bond donors (Lipinski definition) is 0. The highest BCUT2D eigenvalue weighted by atomic mass is 16.5. The van der Waals surface area contributed by atoms with Crippen LogP contribution in [0.1, 0.15) is 49.4 Å². The summed E-state index contributed by atoms with van der Waals surface area (Å²) in [6, 6.07) is 3.43. The van der Waals surface area contributed by atoms with Crippen molar-refractivity contribution < 1.29 is 14.3 Å². The van der Waals surface area contributed by atoms with Crippen molar-refractivity contribution in [2.24, 2.45) is 5.92 Å². The van der Waals surface area contributed by atoms with Crippen LogP contribution in [-0.2, 0) is 4.74 Å². The number of hydrogen-bond acceptors (Lipinski definition) is 4. The van der Waals surface area contributed by atoms with E-state index in [1.165, 1.54) is 38.3 Å². The normalized spacial score (nSPS) is 16.1. The number of nitrogens with zero attached hydrogens (tertiary/aromatic N) is 1. The molecule has 4 nitrogen and oxygen atoms in total. The molecule has 104 valence electrons. The van der Waals surface area contributed by atoms with Crippen molar-refractivity contribution in [3.8, 4) is 5.88 Å². The van der Waals surface area contributed by atoms with Crippen LogP contribution in [0.2, 0.25) is 0 Å². The van der Waals surface area contributed by atoms with Crippen LogP contribution in [0.4, 0.5) is 0 Å². The van der Waals surface area contributed by atoms with Gasteiger partial charge in [0.2, 0.25) is 5.88 Å². The van der Waals surface area contributed by atoms with E-state index >= 15 is 0 Å². The van der Waals surface area contributed by atoms with Gasteiger partial charge < -0.3 is 9.47 Å². The Balaban J connectivity index is 1.82. The molecule has 1 aromatic rings. The molecule has 1 fully saturated rings. The van der Waals surface area contributed by atoms with Gasteiger partial charge in [0.15, 0.2) is 0 Å². The molecule has 1 saturated carbocycles. The minimum atomic E-state index is -0.339. The predicted molar refractivity (Wildman–Crippen MR) is 72.3 cm³/mol. The molecule has 19 heavy (non-hydrogen) atoms. The standard InChI is InChI=1S/C15H21NO3/c1-2-18-15(17)13-8-9-14(16-10-13)19-11-12-6-4-3-5-7-12/h8-10,12H,2-7,11H2,1H3. The Labute approximate surface area is 114 Å². The van der Waals surface area contributed by atoms with E-state index in [-0.39, 0.29) is 5.97 Å².